The molecule has 4 unspecified atom stereocenters. The van der Waals surface area contributed by atoms with Gasteiger partial charge in [-0.05, 0) is 56.9 Å². The molecule has 24 heavy (non-hydrogen) atoms. The van der Waals surface area contributed by atoms with Crippen LogP contribution in [-0.4, -0.2) is 30.8 Å². The van der Waals surface area contributed by atoms with E-state index in [2.05, 4.69) is 21.5 Å². The third kappa shape index (κ3) is 3.98. The van der Waals surface area contributed by atoms with Gasteiger partial charge in [0.25, 0.3) is 0 Å². The third-order valence-electron chi connectivity index (χ3n) is 7.23. The summed E-state index contributed by atoms with van der Waals surface area (Å²) < 4.78 is 0. The lowest BCUT2D eigenvalue weighted by atomic mass is 9.73. The van der Waals surface area contributed by atoms with Gasteiger partial charge in [-0.15, -0.1) is 0 Å². The fourth-order valence-electron chi connectivity index (χ4n) is 5.84. The molecule has 4 fully saturated rings. The Kier molecular flexibility index (Phi) is 6.10. The Bertz CT molecular complexity index is 370. The van der Waals surface area contributed by atoms with Gasteiger partial charge in [0.05, 0.1) is 6.17 Å². The van der Waals surface area contributed by atoms with Crippen molar-refractivity contribution in [2.45, 2.75) is 108 Å². The lowest BCUT2D eigenvalue weighted by Gasteiger charge is -2.49. The molecule has 138 valence electrons. The Morgan fingerprint density at radius 3 is 1.79 bits per heavy atom. The van der Waals surface area contributed by atoms with Gasteiger partial charge in [0.2, 0.25) is 0 Å². The topological polar surface area (TPSA) is 48.1 Å². The van der Waals surface area contributed by atoms with Gasteiger partial charge in [-0.1, -0.05) is 44.9 Å². The molecule has 2 aliphatic heterocycles. The standard InChI is InChI=1S/C20H38N4/c1-3-9-15(10-4-1)18-19(16-11-5-2-6-12-16)23-24-20(22-18)17-13-7-8-14-21-17/h15-24H,1-14H2. The van der Waals surface area contributed by atoms with E-state index in [-0.39, 0.29) is 0 Å². The Morgan fingerprint density at radius 1 is 0.542 bits per heavy atom. The molecule has 2 saturated heterocycles. The van der Waals surface area contributed by atoms with Crippen LogP contribution in [0.1, 0.15) is 83.5 Å². The number of nitrogens with one attached hydrogen (secondary N) is 4. The van der Waals surface area contributed by atoms with E-state index in [1.807, 2.05) is 0 Å². The molecule has 4 heteroatoms. The van der Waals surface area contributed by atoms with Crippen molar-refractivity contribution in [3.8, 4) is 0 Å². The molecule has 4 rings (SSSR count). The zero-order valence-electron chi connectivity index (χ0n) is 15.4. The van der Waals surface area contributed by atoms with Crippen LogP contribution in [0.3, 0.4) is 0 Å². The normalized spacial score (nSPS) is 40.5. The smallest absolute Gasteiger partial charge is 0.0862 e. The number of hydrogen-bond donors (Lipinski definition) is 4. The quantitative estimate of drug-likeness (QED) is 0.641. The molecule has 0 aromatic rings. The maximum Gasteiger partial charge on any atom is 0.0862 e. The number of hydrazine groups is 1. The Hall–Kier alpha value is -0.160. The summed E-state index contributed by atoms with van der Waals surface area (Å²) >= 11 is 0. The first-order valence-electron chi connectivity index (χ1n) is 10.9. The van der Waals surface area contributed by atoms with Crippen LogP contribution in [0.15, 0.2) is 0 Å². The van der Waals surface area contributed by atoms with Crippen LogP contribution < -0.4 is 21.5 Å². The van der Waals surface area contributed by atoms with E-state index in [9.17, 15) is 0 Å². The van der Waals surface area contributed by atoms with Crippen LogP contribution in [0.5, 0.6) is 0 Å². The minimum atomic E-state index is 0.400. The Labute approximate surface area is 148 Å². The molecule has 0 radical (unpaired) electrons. The van der Waals surface area contributed by atoms with E-state index >= 15 is 0 Å². The van der Waals surface area contributed by atoms with Crippen molar-refractivity contribution in [3.63, 3.8) is 0 Å². The average molecular weight is 335 g/mol. The SMILES string of the molecule is C1CCC(C2NNC(C3CCCCN3)NC2C2CCCCC2)CC1. The van der Waals surface area contributed by atoms with Gasteiger partial charge < -0.3 is 5.32 Å². The molecule has 0 spiro atoms. The van der Waals surface area contributed by atoms with Crippen LogP contribution in [0.4, 0.5) is 0 Å². The average Bonchev–Trinajstić information content (AvgIpc) is 2.69. The summed E-state index contributed by atoms with van der Waals surface area (Å²) in [6.07, 6.45) is 18.8. The predicted octanol–water partition coefficient (Wildman–Crippen LogP) is 3.05. The molecule has 4 aliphatic rings. The first-order chi connectivity index (χ1) is 11.9. The number of rotatable bonds is 3. The highest BCUT2D eigenvalue weighted by atomic mass is 15.5. The van der Waals surface area contributed by atoms with Crippen molar-refractivity contribution in [1.82, 2.24) is 21.5 Å². The summed E-state index contributed by atoms with van der Waals surface area (Å²) in [5.41, 5.74) is 7.51. The second-order valence-corrected chi connectivity index (χ2v) is 8.84. The summed E-state index contributed by atoms with van der Waals surface area (Å²) in [7, 11) is 0. The molecule has 2 aliphatic carbocycles. The van der Waals surface area contributed by atoms with Gasteiger partial charge in [-0.3, -0.25) is 10.7 Å². The monoisotopic (exact) mass is 334 g/mol. The highest BCUT2D eigenvalue weighted by Crippen LogP contribution is 2.35. The molecule has 4 N–H and O–H groups in total. The fourth-order valence-corrected chi connectivity index (χ4v) is 5.84. The highest BCUT2D eigenvalue weighted by molar-refractivity contribution is 4.99. The molecule has 4 atom stereocenters. The first kappa shape index (κ1) is 17.3. The lowest BCUT2D eigenvalue weighted by Crippen LogP contribution is -2.74. The van der Waals surface area contributed by atoms with Crippen LogP contribution in [0, 0.1) is 11.8 Å². The molecule has 0 aromatic heterocycles. The minimum absolute atomic E-state index is 0.400. The van der Waals surface area contributed by atoms with Crippen molar-refractivity contribution in [1.29, 1.82) is 0 Å². The van der Waals surface area contributed by atoms with Crippen molar-refractivity contribution in [2.24, 2.45) is 11.8 Å². The van der Waals surface area contributed by atoms with Crippen molar-refractivity contribution >= 4 is 0 Å². The number of hydrogen-bond acceptors (Lipinski definition) is 4. The van der Waals surface area contributed by atoms with Gasteiger partial charge in [0.15, 0.2) is 0 Å². The molecule has 0 bridgehead atoms. The van der Waals surface area contributed by atoms with Crippen LogP contribution in [-0.2, 0) is 0 Å². The Morgan fingerprint density at radius 2 is 1.17 bits per heavy atom. The minimum Gasteiger partial charge on any atom is -0.311 e. The summed E-state index contributed by atoms with van der Waals surface area (Å²) in [4.78, 5) is 0. The first-order valence-corrected chi connectivity index (χ1v) is 10.9. The maximum atomic E-state index is 4.10. The molecular formula is C20H38N4. The van der Waals surface area contributed by atoms with Gasteiger partial charge in [0, 0.05) is 18.1 Å². The van der Waals surface area contributed by atoms with Gasteiger partial charge in [-0.25, -0.2) is 5.43 Å². The van der Waals surface area contributed by atoms with Gasteiger partial charge >= 0.3 is 0 Å². The second kappa shape index (κ2) is 8.48. The largest absolute Gasteiger partial charge is 0.311 e. The Balaban J connectivity index is 1.44. The molecular weight excluding hydrogens is 296 g/mol. The van der Waals surface area contributed by atoms with E-state index in [1.54, 1.807) is 0 Å². The lowest BCUT2D eigenvalue weighted by molar-refractivity contribution is 0.0692. The molecule has 0 amide bonds. The zero-order valence-corrected chi connectivity index (χ0v) is 15.4. The van der Waals surface area contributed by atoms with E-state index in [1.165, 1.54) is 90.0 Å². The third-order valence-corrected chi connectivity index (χ3v) is 7.23. The van der Waals surface area contributed by atoms with Crippen LogP contribution in [0.25, 0.3) is 0 Å². The van der Waals surface area contributed by atoms with Crippen LogP contribution >= 0.6 is 0 Å². The summed E-state index contributed by atoms with van der Waals surface area (Å²) in [6.45, 7) is 1.19. The molecule has 2 heterocycles. The highest BCUT2D eigenvalue weighted by Gasteiger charge is 2.41. The summed E-state index contributed by atoms with van der Waals surface area (Å²) in [6, 6.07) is 1.89. The van der Waals surface area contributed by atoms with Gasteiger partial charge in [0.1, 0.15) is 0 Å². The van der Waals surface area contributed by atoms with E-state index in [0.29, 0.717) is 24.3 Å². The van der Waals surface area contributed by atoms with E-state index < -0.39 is 0 Å². The van der Waals surface area contributed by atoms with Crippen molar-refractivity contribution < 1.29 is 0 Å². The van der Waals surface area contributed by atoms with Crippen molar-refractivity contribution in [2.75, 3.05) is 6.54 Å². The molecule has 2 saturated carbocycles. The summed E-state index contributed by atoms with van der Waals surface area (Å²) in [5, 5.41) is 7.85. The molecule has 0 aromatic carbocycles. The van der Waals surface area contributed by atoms with E-state index in [0.717, 1.165) is 11.8 Å². The predicted molar refractivity (Wildman–Crippen MR) is 99.6 cm³/mol. The van der Waals surface area contributed by atoms with E-state index in [4.69, 9.17) is 0 Å². The maximum absolute atomic E-state index is 4.10. The molecule has 4 nitrogen and oxygen atoms in total. The zero-order chi connectivity index (χ0) is 16.2. The van der Waals surface area contributed by atoms with Gasteiger partial charge in [-0.2, -0.15) is 0 Å². The van der Waals surface area contributed by atoms with Crippen LogP contribution in [0.2, 0.25) is 0 Å². The summed E-state index contributed by atoms with van der Waals surface area (Å²) in [5.74, 6) is 1.75. The van der Waals surface area contributed by atoms with Crippen molar-refractivity contribution in [3.05, 3.63) is 0 Å². The second-order valence-electron chi connectivity index (χ2n) is 8.84. The number of piperidine rings is 1. The fraction of sp³-hybridized carbons (Fsp3) is 1.00.